The number of nitrogens with zero attached hydrogens (tertiary/aromatic N) is 2. The molecule has 3 rings (SSSR count). The van der Waals surface area contributed by atoms with E-state index in [0.29, 0.717) is 22.7 Å². The summed E-state index contributed by atoms with van der Waals surface area (Å²) < 4.78 is 30.3. The Hall–Kier alpha value is -2.40. The topological polar surface area (TPSA) is 107 Å². The Balaban J connectivity index is 1.87. The molecule has 0 unspecified atom stereocenters. The Morgan fingerprint density at radius 1 is 1.28 bits per heavy atom. The van der Waals surface area contributed by atoms with Gasteiger partial charge in [0.2, 0.25) is 5.91 Å². The summed E-state index contributed by atoms with van der Waals surface area (Å²) in [4.78, 5) is 30.2. The van der Waals surface area contributed by atoms with E-state index in [-0.39, 0.29) is 33.0 Å². The van der Waals surface area contributed by atoms with Crippen LogP contribution >= 0.6 is 23.4 Å². The number of halogens is 1. The van der Waals surface area contributed by atoms with Gasteiger partial charge in [-0.2, -0.15) is 0 Å². The first-order chi connectivity index (χ1) is 15.1. The lowest BCUT2D eigenvalue weighted by Crippen LogP contribution is -2.29. The van der Waals surface area contributed by atoms with Gasteiger partial charge in [0, 0.05) is 13.4 Å². The molecule has 11 heteroatoms. The number of fused-ring (bicyclic) bond motifs is 1. The molecule has 0 fully saturated rings. The molecule has 1 N–H and O–H groups in total. The maximum Gasteiger partial charge on any atom is 0.262 e. The minimum Gasteiger partial charge on any atom is -0.383 e. The molecule has 0 saturated heterocycles. The lowest BCUT2D eigenvalue weighted by Gasteiger charge is -2.18. The van der Waals surface area contributed by atoms with E-state index in [1.54, 1.807) is 31.4 Å². The molecule has 0 aliphatic heterocycles. The van der Waals surface area contributed by atoms with Gasteiger partial charge in [0.15, 0.2) is 15.0 Å². The van der Waals surface area contributed by atoms with Crippen molar-refractivity contribution in [2.75, 3.05) is 31.0 Å². The first-order valence-electron chi connectivity index (χ1n) is 9.54. The lowest BCUT2D eigenvalue weighted by atomic mass is 10.2. The van der Waals surface area contributed by atoms with Gasteiger partial charge in [-0.15, -0.1) is 0 Å². The zero-order valence-electron chi connectivity index (χ0n) is 17.7. The number of sulfone groups is 1. The zero-order chi connectivity index (χ0) is 23.5. The number of aromatic nitrogens is 2. The second-order valence-electron chi connectivity index (χ2n) is 7.14. The van der Waals surface area contributed by atoms with Crippen LogP contribution in [-0.4, -0.2) is 49.6 Å². The van der Waals surface area contributed by atoms with Crippen molar-refractivity contribution in [3.63, 3.8) is 0 Å². The maximum atomic E-state index is 13.1. The molecule has 0 saturated carbocycles. The van der Waals surface area contributed by atoms with Crippen LogP contribution in [0.4, 0.5) is 5.69 Å². The number of hydrogen-bond acceptors (Lipinski definition) is 7. The summed E-state index contributed by atoms with van der Waals surface area (Å²) in [5.74, 6) is -0.486. The van der Waals surface area contributed by atoms with E-state index in [4.69, 9.17) is 16.3 Å². The molecule has 1 heterocycles. The molecule has 32 heavy (non-hydrogen) atoms. The van der Waals surface area contributed by atoms with Gasteiger partial charge in [-0.3, -0.25) is 14.2 Å². The van der Waals surface area contributed by atoms with Crippen LogP contribution in [0.3, 0.4) is 0 Å². The van der Waals surface area contributed by atoms with Crippen LogP contribution in [0.5, 0.6) is 0 Å². The lowest BCUT2D eigenvalue weighted by molar-refractivity contribution is -0.113. The molecule has 2 aromatic carbocycles. The third-order valence-electron chi connectivity index (χ3n) is 4.60. The van der Waals surface area contributed by atoms with Crippen molar-refractivity contribution in [2.24, 2.45) is 0 Å². The number of rotatable bonds is 8. The normalized spacial score (nSPS) is 12.6. The number of hydrogen-bond donors (Lipinski definition) is 1. The summed E-state index contributed by atoms with van der Waals surface area (Å²) in [6, 6.07) is 10.8. The number of amides is 1. The van der Waals surface area contributed by atoms with Crippen LogP contribution in [0.2, 0.25) is 5.02 Å². The molecular weight excluding hydrogens is 474 g/mol. The van der Waals surface area contributed by atoms with Gasteiger partial charge in [-0.05, 0) is 37.3 Å². The molecule has 0 radical (unpaired) electrons. The van der Waals surface area contributed by atoms with Crippen molar-refractivity contribution >= 4 is 55.7 Å². The Labute approximate surface area is 194 Å². The second kappa shape index (κ2) is 10.0. The molecular formula is C21H22ClN3O5S2. The van der Waals surface area contributed by atoms with Gasteiger partial charge in [0.25, 0.3) is 5.56 Å². The number of anilines is 1. The number of para-hydroxylation sites is 1. The highest BCUT2D eigenvalue weighted by atomic mass is 35.5. The number of methoxy groups -OCH3 is 1. The van der Waals surface area contributed by atoms with E-state index >= 15 is 0 Å². The van der Waals surface area contributed by atoms with E-state index in [9.17, 15) is 18.0 Å². The van der Waals surface area contributed by atoms with Crippen LogP contribution in [0, 0.1) is 0 Å². The molecule has 0 spiro atoms. The quantitative estimate of drug-likeness (QED) is 0.377. The van der Waals surface area contributed by atoms with E-state index in [2.05, 4.69) is 10.3 Å². The minimum absolute atomic E-state index is 0.0447. The summed E-state index contributed by atoms with van der Waals surface area (Å²) in [7, 11) is -1.91. The van der Waals surface area contributed by atoms with Crippen LogP contribution in [0.1, 0.15) is 13.0 Å². The summed E-state index contributed by atoms with van der Waals surface area (Å²) in [5, 5.41) is 3.69. The van der Waals surface area contributed by atoms with E-state index in [0.717, 1.165) is 18.0 Å². The molecule has 1 atom stereocenters. The predicted molar refractivity (Wildman–Crippen MR) is 127 cm³/mol. The average molecular weight is 496 g/mol. The van der Waals surface area contributed by atoms with Gasteiger partial charge in [0.1, 0.15) is 0 Å². The predicted octanol–water partition coefficient (Wildman–Crippen LogP) is 3.39. The number of carbonyl (C=O) groups is 1. The van der Waals surface area contributed by atoms with Crippen LogP contribution in [-0.2, 0) is 19.4 Å². The third-order valence-corrected chi connectivity index (χ3v) is 6.99. The van der Waals surface area contributed by atoms with Crippen molar-refractivity contribution in [2.45, 2.75) is 23.0 Å². The number of thioether (sulfide) groups is 1. The smallest absolute Gasteiger partial charge is 0.262 e. The van der Waals surface area contributed by atoms with Gasteiger partial charge in [-0.25, -0.2) is 13.4 Å². The highest BCUT2D eigenvalue weighted by molar-refractivity contribution is 7.99. The molecule has 0 bridgehead atoms. The monoisotopic (exact) mass is 495 g/mol. The molecule has 1 aromatic heterocycles. The Morgan fingerprint density at radius 3 is 2.69 bits per heavy atom. The minimum atomic E-state index is -3.45. The van der Waals surface area contributed by atoms with E-state index < -0.39 is 15.7 Å². The number of nitrogens with one attached hydrogen (secondary N) is 1. The zero-order valence-corrected chi connectivity index (χ0v) is 20.1. The van der Waals surface area contributed by atoms with Crippen molar-refractivity contribution in [3.05, 3.63) is 57.8 Å². The van der Waals surface area contributed by atoms with E-state index in [1.165, 1.54) is 22.8 Å². The molecule has 170 valence electrons. The highest BCUT2D eigenvalue weighted by Gasteiger charge is 2.18. The van der Waals surface area contributed by atoms with Gasteiger partial charge >= 0.3 is 0 Å². The third kappa shape index (κ3) is 5.50. The number of benzene rings is 2. The summed E-state index contributed by atoms with van der Waals surface area (Å²) >= 11 is 7.20. The van der Waals surface area contributed by atoms with Crippen molar-refractivity contribution in [3.8, 4) is 0 Å². The van der Waals surface area contributed by atoms with Crippen LogP contribution in [0.25, 0.3) is 10.9 Å². The average Bonchev–Trinajstić information content (AvgIpc) is 2.73. The van der Waals surface area contributed by atoms with Crippen LogP contribution < -0.4 is 10.9 Å². The second-order valence-corrected chi connectivity index (χ2v) is 10.5. The summed E-state index contributed by atoms with van der Waals surface area (Å²) in [5.41, 5.74) is 0.508. The molecule has 0 aliphatic rings. The summed E-state index contributed by atoms with van der Waals surface area (Å²) in [6.45, 7) is 2.13. The molecule has 8 nitrogen and oxygen atoms in total. The Bertz CT molecular complexity index is 1320. The SMILES string of the molecule is COC[C@H](C)n1c(SCC(=O)Nc2cc(S(C)(=O)=O)ccc2Cl)nc2ccccc2c1=O. The fourth-order valence-corrected chi connectivity index (χ4v) is 4.79. The first-order valence-corrected chi connectivity index (χ1v) is 12.8. The molecule has 1 amide bonds. The van der Waals surface area contributed by atoms with Crippen molar-refractivity contribution < 1.29 is 17.9 Å². The first kappa shape index (κ1) is 24.2. The standard InChI is InChI=1S/C21H22ClN3O5S2/c1-13(11-30-2)25-20(27)15-6-4-5-7-17(15)24-21(25)31-12-19(26)23-18-10-14(32(3,28)29)8-9-16(18)22/h4-10,13H,11-12H2,1-3H3,(H,23,26)/t13-/m0/s1. The highest BCUT2D eigenvalue weighted by Crippen LogP contribution is 2.26. The van der Waals surface area contributed by atoms with Gasteiger partial charge < -0.3 is 10.1 Å². The van der Waals surface area contributed by atoms with Crippen LogP contribution in [0.15, 0.2) is 57.3 Å². The van der Waals surface area contributed by atoms with Crippen molar-refractivity contribution in [1.82, 2.24) is 9.55 Å². The van der Waals surface area contributed by atoms with Crippen molar-refractivity contribution in [1.29, 1.82) is 0 Å². The number of ether oxygens (including phenoxy) is 1. The fourth-order valence-electron chi connectivity index (χ4n) is 3.08. The Morgan fingerprint density at radius 2 is 2.00 bits per heavy atom. The van der Waals surface area contributed by atoms with E-state index in [1.807, 2.05) is 6.92 Å². The maximum absolute atomic E-state index is 13.1. The fraction of sp³-hybridized carbons (Fsp3) is 0.286. The largest absolute Gasteiger partial charge is 0.383 e. The summed E-state index contributed by atoms with van der Waals surface area (Å²) in [6.07, 6.45) is 1.07. The number of carbonyl (C=O) groups excluding carboxylic acids is 1. The van der Waals surface area contributed by atoms with Gasteiger partial charge in [0.05, 0.1) is 44.9 Å². The molecule has 3 aromatic rings. The van der Waals surface area contributed by atoms with Gasteiger partial charge in [-0.1, -0.05) is 35.5 Å². The Kier molecular flexibility index (Phi) is 7.60. The molecule has 0 aliphatic carbocycles.